The summed E-state index contributed by atoms with van der Waals surface area (Å²) in [6.07, 6.45) is 1.08. The Hall–Kier alpha value is -1.34. The zero-order valence-corrected chi connectivity index (χ0v) is 12.5. The smallest absolute Gasteiger partial charge is 0.257 e. The van der Waals surface area contributed by atoms with Crippen LogP contribution >= 0.6 is 11.5 Å². The van der Waals surface area contributed by atoms with Crippen molar-refractivity contribution in [3.8, 4) is 0 Å². The van der Waals surface area contributed by atoms with Crippen molar-refractivity contribution in [1.82, 2.24) is 14.6 Å². The molecule has 1 aliphatic rings. The zero-order chi connectivity index (χ0) is 14.0. The summed E-state index contributed by atoms with van der Waals surface area (Å²) in [4.78, 5) is 16.5. The average molecular weight is 283 g/mol. The molecule has 0 saturated carbocycles. The number of rotatable bonds is 2. The van der Waals surface area contributed by atoms with E-state index >= 15 is 0 Å². The molecule has 0 aliphatic carbocycles. The maximum absolute atomic E-state index is 12.0. The third-order valence-corrected chi connectivity index (χ3v) is 4.36. The summed E-state index contributed by atoms with van der Waals surface area (Å²) in [6.45, 7) is 5.15. The first-order valence-corrected chi connectivity index (χ1v) is 7.24. The van der Waals surface area contributed by atoms with Crippen LogP contribution in [-0.4, -0.2) is 55.0 Å². The summed E-state index contributed by atoms with van der Waals surface area (Å²) in [6, 6.07) is 0.343. The van der Waals surface area contributed by atoms with Crippen LogP contribution in [0, 0.1) is 0 Å². The van der Waals surface area contributed by atoms with Gasteiger partial charge in [0.25, 0.3) is 5.91 Å². The standard InChI is InChI=1S/C12H21N5OS/c1-8-7-16(3)5-4-6-17(8)12-9(11(18)14-2)10(13)15-19-12/h8H,4-7H2,1-3H3,(H2,13,15)(H,14,18). The number of nitrogens with two attached hydrogens (primary N) is 1. The first kappa shape index (κ1) is 14.1. The molecule has 1 saturated heterocycles. The first-order chi connectivity index (χ1) is 9.04. The molecule has 2 rings (SSSR count). The van der Waals surface area contributed by atoms with E-state index in [0.29, 0.717) is 17.4 Å². The molecular weight excluding hydrogens is 262 g/mol. The van der Waals surface area contributed by atoms with Crippen LogP contribution in [0.15, 0.2) is 0 Å². The lowest BCUT2D eigenvalue weighted by Crippen LogP contribution is -2.38. The van der Waals surface area contributed by atoms with Gasteiger partial charge in [-0.25, -0.2) is 0 Å². The number of nitrogens with one attached hydrogen (secondary N) is 1. The van der Waals surface area contributed by atoms with Gasteiger partial charge in [-0.2, -0.15) is 4.37 Å². The van der Waals surface area contributed by atoms with Crippen molar-refractivity contribution >= 4 is 28.3 Å². The van der Waals surface area contributed by atoms with Gasteiger partial charge < -0.3 is 20.9 Å². The van der Waals surface area contributed by atoms with Crippen LogP contribution < -0.4 is 16.0 Å². The molecule has 1 aromatic rings. The van der Waals surface area contributed by atoms with Crippen molar-refractivity contribution in [3.63, 3.8) is 0 Å². The summed E-state index contributed by atoms with van der Waals surface area (Å²) in [5.41, 5.74) is 6.36. The van der Waals surface area contributed by atoms with E-state index in [0.717, 1.165) is 31.1 Å². The first-order valence-electron chi connectivity index (χ1n) is 6.47. The second-order valence-corrected chi connectivity index (χ2v) is 5.74. The number of amides is 1. The fourth-order valence-corrected chi connectivity index (χ4v) is 3.44. The molecule has 106 valence electrons. The van der Waals surface area contributed by atoms with Crippen LogP contribution in [0.1, 0.15) is 23.7 Å². The Morgan fingerprint density at radius 2 is 2.26 bits per heavy atom. The van der Waals surface area contributed by atoms with Crippen molar-refractivity contribution in [2.75, 3.05) is 44.4 Å². The number of carbonyl (C=O) groups is 1. The van der Waals surface area contributed by atoms with Gasteiger partial charge in [0, 0.05) is 26.2 Å². The van der Waals surface area contributed by atoms with E-state index in [1.165, 1.54) is 11.5 Å². The number of likely N-dealkylation sites (N-methyl/N-ethyl adjacent to an activating group) is 1. The van der Waals surface area contributed by atoms with E-state index in [1.807, 2.05) is 0 Å². The monoisotopic (exact) mass is 283 g/mol. The number of nitrogens with zero attached hydrogens (tertiary/aromatic N) is 3. The van der Waals surface area contributed by atoms with E-state index in [1.54, 1.807) is 7.05 Å². The van der Waals surface area contributed by atoms with E-state index in [-0.39, 0.29) is 5.91 Å². The highest BCUT2D eigenvalue weighted by atomic mass is 32.1. The SMILES string of the molecule is CNC(=O)c1c(N)nsc1N1CCCN(C)CC1C. The predicted molar refractivity (Wildman–Crippen MR) is 78.8 cm³/mol. The number of hydrogen-bond donors (Lipinski definition) is 2. The van der Waals surface area contributed by atoms with Crippen molar-refractivity contribution in [1.29, 1.82) is 0 Å². The number of carbonyl (C=O) groups excluding carboxylic acids is 1. The van der Waals surface area contributed by atoms with Gasteiger partial charge in [0.2, 0.25) is 0 Å². The molecule has 7 heteroatoms. The normalized spacial score (nSPS) is 21.2. The second-order valence-electron chi connectivity index (χ2n) is 4.99. The molecule has 2 heterocycles. The molecule has 3 N–H and O–H groups in total. The quantitative estimate of drug-likeness (QED) is 0.832. The number of hydrogen-bond acceptors (Lipinski definition) is 6. The van der Waals surface area contributed by atoms with Crippen LogP contribution in [0.3, 0.4) is 0 Å². The van der Waals surface area contributed by atoms with Gasteiger partial charge in [-0.3, -0.25) is 4.79 Å². The van der Waals surface area contributed by atoms with Crippen LogP contribution in [0.4, 0.5) is 10.8 Å². The Morgan fingerprint density at radius 1 is 1.53 bits per heavy atom. The van der Waals surface area contributed by atoms with Gasteiger partial charge in [-0.05, 0) is 38.5 Å². The molecule has 19 heavy (non-hydrogen) atoms. The molecule has 1 unspecified atom stereocenters. The number of anilines is 2. The van der Waals surface area contributed by atoms with Gasteiger partial charge in [0.05, 0.1) is 0 Å². The largest absolute Gasteiger partial charge is 0.382 e. The molecule has 1 fully saturated rings. The minimum Gasteiger partial charge on any atom is -0.382 e. The summed E-state index contributed by atoms with van der Waals surface area (Å²) in [5, 5.41) is 3.53. The fourth-order valence-electron chi connectivity index (χ4n) is 2.50. The lowest BCUT2D eigenvalue weighted by atomic mass is 10.2. The Kier molecular flexibility index (Phi) is 4.26. The molecule has 6 nitrogen and oxygen atoms in total. The molecule has 0 aromatic carbocycles. The summed E-state index contributed by atoms with van der Waals surface area (Å²) in [5.74, 6) is 0.162. The van der Waals surface area contributed by atoms with Crippen LogP contribution in [0.25, 0.3) is 0 Å². The lowest BCUT2D eigenvalue weighted by molar-refractivity contribution is 0.0964. The van der Waals surface area contributed by atoms with Crippen molar-refractivity contribution < 1.29 is 4.79 Å². The highest BCUT2D eigenvalue weighted by Gasteiger charge is 2.27. The van der Waals surface area contributed by atoms with Gasteiger partial charge in [0.1, 0.15) is 10.6 Å². The molecule has 1 aromatic heterocycles. The summed E-state index contributed by atoms with van der Waals surface area (Å²) in [7, 11) is 3.74. The average Bonchev–Trinajstić information content (AvgIpc) is 2.66. The number of aromatic nitrogens is 1. The van der Waals surface area contributed by atoms with Crippen molar-refractivity contribution in [2.45, 2.75) is 19.4 Å². The Labute approximate surface area is 117 Å². The predicted octanol–water partition coefficient (Wildman–Crippen LogP) is 0.615. The summed E-state index contributed by atoms with van der Waals surface area (Å²) < 4.78 is 4.15. The molecule has 1 aliphatic heterocycles. The van der Waals surface area contributed by atoms with Gasteiger partial charge in [-0.1, -0.05) is 0 Å². The van der Waals surface area contributed by atoms with E-state index in [9.17, 15) is 4.79 Å². The van der Waals surface area contributed by atoms with Gasteiger partial charge in [-0.15, -0.1) is 0 Å². The molecule has 1 atom stereocenters. The Balaban J connectivity index is 2.32. The Bertz CT molecular complexity index is 461. The van der Waals surface area contributed by atoms with E-state index in [2.05, 4.69) is 33.5 Å². The summed E-state index contributed by atoms with van der Waals surface area (Å²) >= 11 is 1.31. The maximum Gasteiger partial charge on any atom is 0.257 e. The number of nitrogen functional groups attached to an aromatic ring is 1. The second kappa shape index (κ2) is 5.75. The third kappa shape index (κ3) is 2.82. The highest BCUT2D eigenvalue weighted by molar-refractivity contribution is 7.11. The highest BCUT2D eigenvalue weighted by Crippen LogP contribution is 2.32. The van der Waals surface area contributed by atoms with Crippen LogP contribution in [0.2, 0.25) is 0 Å². The van der Waals surface area contributed by atoms with Crippen LogP contribution in [-0.2, 0) is 0 Å². The maximum atomic E-state index is 12.0. The Morgan fingerprint density at radius 3 is 2.95 bits per heavy atom. The van der Waals surface area contributed by atoms with E-state index in [4.69, 9.17) is 5.73 Å². The molecule has 0 radical (unpaired) electrons. The molecule has 0 bridgehead atoms. The lowest BCUT2D eigenvalue weighted by Gasteiger charge is -2.29. The van der Waals surface area contributed by atoms with Gasteiger partial charge >= 0.3 is 0 Å². The van der Waals surface area contributed by atoms with Crippen molar-refractivity contribution in [2.24, 2.45) is 0 Å². The topological polar surface area (TPSA) is 74.5 Å². The van der Waals surface area contributed by atoms with Crippen LogP contribution in [0.5, 0.6) is 0 Å². The third-order valence-electron chi connectivity index (χ3n) is 3.46. The molecule has 0 spiro atoms. The minimum absolute atomic E-state index is 0.161. The molecular formula is C12H21N5OS. The van der Waals surface area contributed by atoms with E-state index < -0.39 is 0 Å². The minimum atomic E-state index is -0.161. The molecule has 1 amide bonds. The van der Waals surface area contributed by atoms with Crippen molar-refractivity contribution in [3.05, 3.63) is 5.56 Å². The zero-order valence-electron chi connectivity index (χ0n) is 11.6. The fraction of sp³-hybridized carbons (Fsp3) is 0.667. The van der Waals surface area contributed by atoms with Gasteiger partial charge in [0.15, 0.2) is 5.82 Å².